The van der Waals surface area contributed by atoms with Crippen molar-refractivity contribution in [3.63, 3.8) is 0 Å². The molecule has 1 N–H and O–H groups in total. The standard InChI is InChI=1S/C21H25F6N5O3/c22-20(23,24)11-32-13(4-16(29-32)21(25,26)27)3-12-5-19(6-12)9-31(10-19)18(34)30-2-1-15-14(7-30)28-17(33)8-35-15/h4,12,14-15H,1-3,5-11H2,(H,28,33)/t14-,15+/m1/s1. The summed E-state index contributed by atoms with van der Waals surface area (Å²) in [5.41, 5.74) is -1.54. The first-order valence-electron chi connectivity index (χ1n) is 11.5. The minimum Gasteiger partial charge on any atom is -0.366 e. The Bertz CT molecular complexity index is 995. The van der Waals surface area contributed by atoms with Crippen molar-refractivity contribution in [2.75, 3.05) is 32.8 Å². The van der Waals surface area contributed by atoms with Crippen LogP contribution in [0.1, 0.15) is 30.7 Å². The highest BCUT2D eigenvalue weighted by Gasteiger charge is 2.54. The third-order valence-corrected chi connectivity index (χ3v) is 7.34. The monoisotopic (exact) mass is 509 g/mol. The molecule has 0 unspecified atom stereocenters. The number of alkyl halides is 6. The topological polar surface area (TPSA) is 79.7 Å². The molecule has 3 aliphatic heterocycles. The van der Waals surface area contributed by atoms with Crippen molar-refractivity contribution in [2.24, 2.45) is 11.3 Å². The Morgan fingerprint density at radius 3 is 2.54 bits per heavy atom. The molecule has 1 aliphatic carbocycles. The zero-order valence-electron chi connectivity index (χ0n) is 18.7. The molecular weight excluding hydrogens is 484 g/mol. The van der Waals surface area contributed by atoms with Crippen molar-refractivity contribution < 1.29 is 40.7 Å². The number of likely N-dealkylation sites (tertiary alicyclic amines) is 2. The van der Waals surface area contributed by atoms with Crippen molar-refractivity contribution in [3.05, 3.63) is 17.5 Å². The molecule has 194 valence electrons. The molecule has 0 radical (unpaired) electrons. The van der Waals surface area contributed by atoms with Gasteiger partial charge in [-0.2, -0.15) is 31.4 Å². The summed E-state index contributed by atoms with van der Waals surface area (Å²) in [5, 5.41) is 6.00. The number of carbonyl (C=O) groups excluding carboxylic acids is 2. The second-order valence-electron chi connectivity index (χ2n) is 10.2. The number of urea groups is 1. The first-order chi connectivity index (χ1) is 16.3. The highest BCUT2D eigenvalue weighted by Crippen LogP contribution is 2.53. The van der Waals surface area contributed by atoms with Crippen molar-refractivity contribution >= 4 is 11.9 Å². The van der Waals surface area contributed by atoms with Gasteiger partial charge in [0.05, 0.1) is 12.1 Å². The van der Waals surface area contributed by atoms with Crippen molar-refractivity contribution in [2.45, 2.75) is 56.7 Å². The van der Waals surface area contributed by atoms with E-state index in [1.165, 1.54) is 0 Å². The molecule has 14 heteroatoms. The summed E-state index contributed by atoms with van der Waals surface area (Å²) in [6, 6.07) is 0.334. The van der Waals surface area contributed by atoms with Crippen LogP contribution in [-0.2, 0) is 28.7 Å². The number of hydrogen-bond donors (Lipinski definition) is 1. The average molecular weight is 509 g/mol. The number of fused-ring (bicyclic) bond motifs is 1. The first-order valence-corrected chi connectivity index (χ1v) is 11.5. The Labute approximate surface area is 196 Å². The van der Waals surface area contributed by atoms with Gasteiger partial charge in [0.2, 0.25) is 5.91 Å². The predicted molar refractivity (Wildman–Crippen MR) is 107 cm³/mol. The van der Waals surface area contributed by atoms with E-state index in [1.54, 1.807) is 9.80 Å². The van der Waals surface area contributed by atoms with Gasteiger partial charge in [-0.05, 0) is 37.7 Å². The number of nitrogens with zero attached hydrogens (tertiary/aromatic N) is 4. The van der Waals surface area contributed by atoms with Gasteiger partial charge < -0.3 is 19.9 Å². The molecule has 1 spiro atoms. The lowest BCUT2D eigenvalue weighted by atomic mass is 9.57. The number of halogens is 6. The van der Waals surface area contributed by atoms with E-state index >= 15 is 0 Å². The van der Waals surface area contributed by atoms with E-state index in [0.717, 1.165) is 0 Å². The number of nitrogens with one attached hydrogen (secondary N) is 1. The van der Waals surface area contributed by atoms with E-state index in [1.807, 2.05) is 0 Å². The van der Waals surface area contributed by atoms with Crippen molar-refractivity contribution in [3.8, 4) is 0 Å². The number of morpholine rings is 1. The summed E-state index contributed by atoms with van der Waals surface area (Å²) in [4.78, 5) is 27.8. The lowest BCUT2D eigenvalue weighted by molar-refractivity contribution is -0.149. The van der Waals surface area contributed by atoms with Gasteiger partial charge >= 0.3 is 18.4 Å². The van der Waals surface area contributed by atoms with Crippen LogP contribution in [-0.4, -0.2) is 82.6 Å². The maximum atomic E-state index is 13.0. The second kappa shape index (κ2) is 8.27. The summed E-state index contributed by atoms with van der Waals surface area (Å²) >= 11 is 0. The maximum absolute atomic E-state index is 13.0. The minimum absolute atomic E-state index is 0.0272. The quantitative estimate of drug-likeness (QED) is 0.635. The normalized spacial score (nSPS) is 26.7. The van der Waals surface area contributed by atoms with Crippen LogP contribution in [0.3, 0.4) is 0 Å². The second-order valence-corrected chi connectivity index (χ2v) is 10.2. The van der Waals surface area contributed by atoms with Gasteiger partial charge in [0, 0.05) is 37.3 Å². The molecule has 5 rings (SSSR count). The van der Waals surface area contributed by atoms with Crippen LogP contribution in [0.25, 0.3) is 0 Å². The highest BCUT2D eigenvalue weighted by molar-refractivity contribution is 5.79. The summed E-state index contributed by atoms with van der Waals surface area (Å²) in [6.07, 6.45) is -7.64. The fraction of sp³-hybridized carbons (Fsp3) is 0.762. The van der Waals surface area contributed by atoms with Gasteiger partial charge in [0.15, 0.2) is 5.69 Å². The predicted octanol–water partition coefficient (Wildman–Crippen LogP) is 2.43. The molecule has 3 amide bonds. The number of aromatic nitrogens is 2. The lowest BCUT2D eigenvalue weighted by Crippen LogP contribution is -2.68. The molecule has 4 aliphatic rings. The van der Waals surface area contributed by atoms with E-state index in [2.05, 4.69) is 10.4 Å². The largest absolute Gasteiger partial charge is 0.435 e. The Morgan fingerprint density at radius 2 is 1.89 bits per heavy atom. The van der Waals surface area contributed by atoms with Crippen LogP contribution < -0.4 is 5.32 Å². The van der Waals surface area contributed by atoms with Crippen molar-refractivity contribution in [1.29, 1.82) is 0 Å². The van der Waals surface area contributed by atoms with Crippen LogP contribution >= 0.6 is 0 Å². The van der Waals surface area contributed by atoms with Crippen LogP contribution in [0.5, 0.6) is 0 Å². The third-order valence-electron chi connectivity index (χ3n) is 7.34. The van der Waals surface area contributed by atoms with E-state index in [0.29, 0.717) is 56.2 Å². The summed E-state index contributed by atoms with van der Waals surface area (Å²) in [6.45, 7) is 0.358. The number of ether oxygens (including phenoxy) is 1. The van der Waals surface area contributed by atoms with Crippen LogP contribution in [0.4, 0.5) is 31.1 Å². The first kappa shape index (κ1) is 24.2. The van der Waals surface area contributed by atoms with Gasteiger partial charge in [-0.15, -0.1) is 0 Å². The summed E-state index contributed by atoms with van der Waals surface area (Å²) in [5.74, 6) is -0.273. The average Bonchev–Trinajstić information content (AvgIpc) is 3.08. The number of rotatable bonds is 3. The summed E-state index contributed by atoms with van der Waals surface area (Å²) < 4.78 is 83.3. The Morgan fingerprint density at radius 1 is 1.17 bits per heavy atom. The Hall–Kier alpha value is -2.51. The summed E-state index contributed by atoms with van der Waals surface area (Å²) in [7, 11) is 0. The smallest absolute Gasteiger partial charge is 0.366 e. The molecule has 4 heterocycles. The van der Waals surface area contributed by atoms with Gasteiger partial charge in [0.25, 0.3) is 0 Å². The lowest BCUT2D eigenvalue weighted by Gasteiger charge is -2.60. The molecule has 2 atom stereocenters. The van der Waals surface area contributed by atoms with Gasteiger partial charge in [-0.25, -0.2) is 4.79 Å². The fourth-order valence-corrected chi connectivity index (χ4v) is 5.90. The van der Waals surface area contributed by atoms with Gasteiger partial charge in [-0.3, -0.25) is 9.48 Å². The highest BCUT2D eigenvalue weighted by atomic mass is 19.4. The molecule has 8 nitrogen and oxygen atoms in total. The zero-order valence-corrected chi connectivity index (χ0v) is 18.7. The molecular formula is C21H25F6N5O3. The third kappa shape index (κ3) is 4.94. The number of hydrogen-bond acceptors (Lipinski definition) is 4. The Balaban J connectivity index is 1.14. The Kier molecular flexibility index (Phi) is 5.72. The zero-order chi connectivity index (χ0) is 25.2. The van der Waals surface area contributed by atoms with Crippen LogP contribution in [0.15, 0.2) is 6.07 Å². The maximum Gasteiger partial charge on any atom is 0.435 e. The molecule has 1 aromatic rings. The van der Waals surface area contributed by atoms with Gasteiger partial charge in [-0.1, -0.05) is 0 Å². The number of amides is 3. The molecule has 0 bridgehead atoms. The molecule has 0 aromatic carbocycles. The molecule has 3 saturated heterocycles. The van der Waals surface area contributed by atoms with E-state index in [-0.39, 0.29) is 54.1 Å². The van der Waals surface area contributed by atoms with Crippen LogP contribution in [0.2, 0.25) is 0 Å². The minimum atomic E-state index is -4.82. The van der Waals surface area contributed by atoms with E-state index in [4.69, 9.17) is 4.74 Å². The van der Waals surface area contributed by atoms with Gasteiger partial charge in [0.1, 0.15) is 13.2 Å². The SMILES string of the molecule is O=C1CO[C@H]2CCN(C(=O)N3CC4(CC(Cc5cc(C(F)(F)F)nn5CC(F)(F)F)C4)C3)C[C@H]2N1. The van der Waals surface area contributed by atoms with E-state index < -0.39 is 24.6 Å². The molecule has 4 fully saturated rings. The van der Waals surface area contributed by atoms with Crippen LogP contribution in [0, 0.1) is 11.3 Å². The number of carbonyl (C=O) groups is 2. The van der Waals surface area contributed by atoms with Crippen molar-refractivity contribution in [1.82, 2.24) is 24.9 Å². The van der Waals surface area contributed by atoms with E-state index in [9.17, 15) is 35.9 Å². The molecule has 1 saturated carbocycles. The number of piperidine rings is 1. The fourth-order valence-electron chi connectivity index (χ4n) is 5.90. The molecule has 35 heavy (non-hydrogen) atoms. The molecule has 1 aromatic heterocycles.